The molecule has 5 N–H and O–H groups in total. The molecule has 1 unspecified atom stereocenters. The second-order valence-electron chi connectivity index (χ2n) is 13.0. The van der Waals surface area contributed by atoms with Crippen molar-refractivity contribution in [3.8, 4) is 0 Å². The number of aliphatic hydroxyl groups is 1. The molecule has 0 heterocycles. The largest absolute Gasteiger partial charge is 0.467 e. The summed E-state index contributed by atoms with van der Waals surface area (Å²) in [6, 6.07) is 5.64. The van der Waals surface area contributed by atoms with E-state index in [0.717, 1.165) is 5.56 Å². The Bertz CT molecular complexity index is 1080. The Morgan fingerprint density at radius 2 is 1.23 bits per heavy atom. The van der Waals surface area contributed by atoms with Crippen LogP contribution in [-0.2, 0) is 35.1 Å². The van der Waals surface area contributed by atoms with Crippen LogP contribution in [0.1, 0.15) is 80.2 Å². The molecular weight excluding hydrogens is 564 g/mol. The Morgan fingerprint density at radius 1 is 0.705 bits per heavy atom. The first-order valence-corrected chi connectivity index (χ1v) is 15.5. The Labute approximate surface area is 262 Å². The quantitative estimate of drug-likeness (QED) is 0.158. The number of rotatable bonds is 18. The highest BCUT2D eigenvalue weighted by Crippen LogP contribution is 2.14. The molecule has 5 atom stereocenters. The summed E-state index contributed by atoms with van der Waals surface area (Å²) in [5.74, 6) is -2.74. The molecule has 0 radical (unpaired) electrons. The lowest BCUT2D eigenvalue weighted by Gasteiger charge is -2.31. The summed E-state index contributed by atoms with van der Waals surface area (Å²) in [5, 5.41) is 22.1. The van der Waals surface area contributed by atoms with Gasteiger partial charge in [0.2, 0.25) is 23.6 Å². The first kappa shape index (κ1) is 38.6. The third-order valence-electron chi connectivity index (χ3n) is 7.12. The minimum Gasteiger partial charge on any atom is -0.467 e. The van der Waals surface area contributed by atoms with Crippen molar-refractivity contribution in [1.29, 1.82) is 0 Å². The highest BCUT2D eigenvalue weighted by Gasteiger charge is 2.33. The maximum atomic E-state index is 13.5. The van der Waals surface area contributed by atoms with Crippen LogP contribution in [0.4, 0.5) is 0 Å². The molecule has 248 valence electrons. The molecule has 44 heavy (non-hydrogen) atoms. The number of ether oxygens (including phenoxy) is 1. The molecular formula is C33H54N4O7. The summed E-state index contributed by atoms with van der Waals surface area (Å²) < 4.78 is 4.86. The van der Waals surface area contributed by atoms with E-state index in [1.54, 1.807) is 13.8 Å². The summed E-state index contributed by atoms with van der Waals surface area (Å²) in [4.78, 5) is 64.4. The number of hydrogen-bond acceptors (Lipinski definition) is 7. The van der Waals surface area contributed by atoms with Gasteiger partial charge in [-0.15, -0.1) is 0 Å². The molecule has 0 spiro atoms. The van der Waals surface area contributed by atoms with Gasteiger partial charge in [0.05, 0.1) is 25.7 Å². The van der Waals surface area contributed by atoms with Gasteiger partial charge in [0.25, 0.3) is 0 Å². The van der Waals surface area contributed by atoms with Gasteiger partial charge in [-0.2, -0.15) is 0 Å². The van der Waals surface area contributed by atoms with Gasteiger partial charge in [-0.3, -0.25) is 19.2 Å². The SMILES string of the molecule is COC(=O)C(Cc1ccccc1)NC(=O)C[C@H](O)[C@H](CC(C)C)NC(=O)[C@@H](NC(=O)[C@@H](NC(=O)CC(C)C)C(C)C)C(C)C. The van der Waals surface area contributed by atoms with Crippen molar-refractivity contribution in [3.63, 3.8) is 0 Å². The second kappa shape index (κ2) is 19.0. The summed E-state index contributed by atoms with van der Waals surface area (Å²) in [7, 11) is 1.24. The third-order valence-corrected chi connectivity index (χ3v) is 7.12. The van der Waals surface area contributed by atoms with Crippen molar-refractivity contribution in [2.45, 2.75) is 111 Å². The topological polar surface area (TPSA) is 163 Å². The van der Waals surface area contributed by atoms with Crippen molar-refractivity contribution in [2.75, 3.05) is 7.11 Å². The Morgan fingerprint density at radius 3 is 1.73 bits per heavy atom. The zero-order chi connectivity index (χ0) is 33.6. The fourth-order valence-electron chi connectivity index (χ4n) is 4.78. The van der Waals surface area contributed by atoms with Crippen molar-refractivity contribution in [3.05, 3.63) is 35.9 Å². The predicted molar refractivity (Wildman–Crippen MR) is 169 cm³/mol. The van der Waals surface area contributed by atoms with Crippen molar-refractivity contribution in [2.24, 2.45) is 23.7 Å². The maximum absolute atomic E-state index is 13.5. The Balaban J connectivity index is 3.00. The first-order valence-electron chi connectivity index (χ1n) is 15.5. The molecule has 11 nitrogen and oxygen atoms in total. The summed E-state index contributed by atoms with van der Waals surface area (Å²) in [5.41, 5.74) is 0.828. The van der Waals surface area contributed by atoms with Crippen LogP contribution in [0, 0.1) is 23.7 Å². The van der Waals surface area contributed by atoms with E-state index < -0.39 is 54.0 Å². The number of carbonyl (C=O) groups excluding carboxylic acids is 5. The van der Waals surface area contributed by atoms with Crippen molar-refractivity contribution < 1.29 is 33.8 Å². The molecule has 1 rings (SSSR count). The standard InChI is InChI=1S/C33H54N4O7/c1-19(2)15-24(26(38)18-28(40)34-25(33(43)44-9)17-23-13-11-10-12-14-23)35-31(41)30(22(7)8)37-32(42)29(21(5)6)36-27(39)16-20(3)4/h10-14,19-22,24-26,29-30,38H,15-18H2,1-9H3,(H,34,40)(H,35,41)(H,36,39)(H,37,42)/t24-,25?,26-,29-,30-/m0/s1. The number of esters is 1. The minimum atomic E-state index is -1.27. The van der Waals surface area contributed by atoms with Crippen LogP contribution in [0.25, 0.3) is 0 Å². The Kier molecular flexibility index (Phi) is 16.7. The van der Waals surface area contributed by atoms with Crippen LogP contribution in [0.5, 0.6) is 0 Å². The van der Waals surface area contributed by atoms with E-state index in [4.69, 9.17) is 4.74 Å². The van der Waals surface area contributed by atoms with Crippen LogP contribution in [-0.4, -0.2) is 72.1 Å². The molecule has 1 aromatic rings. The van der Waals surface area contributed by atoms with Gasteiger partial charge in [0, 0.05) is 12.8 Å². The number of carbonyl (C=O) groups is 5. The highest BCUT2D eigenvalue weighted by molar-refractivity contribution is 5.92. The summed E-state index contributed by atoms with van der Waals surface area (Å²) in [6.45, 7) is 14.9. The molecule has 0 aliphatic rings. The average Bonchev–Trinajstić information content (AvgIpc) is 2.92. The monoisotopic (exact) mass is 618 g/mol. The van der Waals surface area contributed by atoms with E-state index >= 15 is 0 Å². The van der Waals surface area contributed by atoms with Crippen molar-refractivity contribution in [1.82, 2.24) is 21.3 Å². The van der Waals surface area contributed by atoms with E-state index in [-0.39, 0.29) is 48.8 Å². The zero-order valence-electron chi connectivity index (χ0n) is 27.8. The molecule has 0 aliphatic carbocycles. The average molecular weight is 619 g/mol. The predicted octanol–water partition coefficient (Wildman–Crippen LogP) is 2.50. The molecule has 0 aromatic heterocycles. The number of aliphatic hydroxyl groups excluding tert-OH is 1. The van der Waals surface area contributed by atoms with Crippen LogP contribution in [0.2, 0.25) is 0 Å². The number of methoxy groups -OCH3 is 1. The van der Waals surface area contributed by atoms with Gasteiger partial charge in [0.15, 0.2) is 0 Å². The first-order chi connectivity index (χ1) is 20.5. The molecule has 0 bridgehead atoms. The molecule has 0 saturated heterocycles. The third kappa shape index (κ3) is 13.9. The van der Waals surface area contributed by atoms with Crippen LogP contribution >= 0.6 is 0 Å². The number of benzene rings is 1. The van der Waals surface area contributed by atoms with Gasteiger partial charge < -0.3 is 31.1 Å². The maximum Gasteiger partial charge on any atom is 0.328 e. The second-order valence-corrected chi connectivity index (χ2v) is 13.0. The van der Waals surface area contributed by atoms with Crippen LogP contribution in [0.3, 0.4) is 0 Å². The van der Waals surface area contributed by atoms with Gasteiger partial charge >= 0.3 is 5.97 Å². The van der Waals surface area contributed by atoms with E-state index in [1.165, 1.54) is 7.11 Å². The molecule has 0 fully saturated rings. The van der Waals surface area contributed by atoms with Crippen LogP contribution < -0.4 is 21.3 Å². The smallest absolute Gasteiger partial charge is 0.328 e. The number of nitrogens with one attached hydrogen (secondary N) is 4. The van der Waals surface area contributed by atoms with E-state index in [1.807, 2.05) is 71.9 Å². The fraction of sp³-hybridized carbons (Fsp3) is 0.667. The van der Waals surface area contributed by atoms with Crippen LogP contribution in [0.15, 0.2) is 30.3 Å². The Hall–Kier alpha value is -3.47. The number of amides is 4. The number of hydrogen-bond donors (Lipinski definition) is 5. The lowest BCUT2D eigenvalue weighted by atomic mass is 9.95. The van der Waals surface area contributed by atoms with E-state index in [9.17, 15) is 29.1 Å². The molecule has 11 heteroatoms. The van der Waals surface area contributed by atoms with E-state index in [2.05, 4.69) is 21.3 Å². The van der Waals surface area contributed by atoms with Gasteiger partial charge in [-0.05, 0) is 35.7 Å². The molecule has 4 amide bonds. The van der Waals surface area contributed by atoms with Gasteiger partial charge in [0.1, 0.15) is 18.1 Å². The summed E-state index contributed by atoms with van der Waals surface area (Å²) in [6.07, 6.45) is -0.774. The fourth-order valence-corrected chi connectivity index (χ4v) is 4.78. The summed E-state index contributed by atoms with van der Waals surface area (Å²) >= 11 is 0. The van der Waals surface area contributed by atoms with E-state index in [0.29, 0.717) is 6.42 Å². The lowest BCUT2D eigenvalue weighted by Crippen LogP contribution is -2.59. The normalized spacial score (nSPS) is 14.9. The molecule has 0 saturated carbocycles. The minimum absolute atomic E-state index is 0.0625. The van der Waals surface area contributed by atoms with Gasteiger partial charge in [-0.25, -0.2) is 4.79 Å². The van der Waals surface area contributed by atoms with Crippen molar-refractivity contribution >= 4 is 29.6 Å². The highest BCUT2D eigenvalue weighted by atomic mass is 16.5. The van der Waals surface area contributed by atoms with Gasteiger partial charge in [-0.1, -0.05) is 85.7 Å². The zero-order valence-corrected chi connectivity index (χ0v) is 27.8. The molecule has 1 aromatic carbocycles. The molecule has 0 aliphatic heterocycles. The lowest BCUT2D eigenvalue weighted by molar-refractivity contribution is -0.145.